The Morgan fingerprint density at radius 3 is 2.33 bits per heavy atom. The Morgan fingerprint density at radius 1 is 1.10 bits per heavy atom. The number of nitrogens with one attached hydrogen (secondary N) is 2. The van der Waals surface area contributed by atoms with Crippen molar-refractivity contribution in [3.63, 3.8) is 0 Å². The summed E-state index contributed by atoms with van der Waals surface area (Å²) in [5.41, 5.74) is 5.63. The van der Waals surface area contributed by atoms with Gasteiger partial charge in [0.05, 0.1) is 13.1 Å². The van der Waals surface area contributed by atoms with Gasteiger partial charge < -0.3 is 21.1 Å². The van der Waals surface area contributed by atoms with Gasteiger partial charge in [-0.3, -0.25) is 9.59 Å². The van der Waals surface area contributed by atoms with E-state index in [1.54, 1.807) is 24.3 Å². The van der Waals surface area contributed by atoms with Crippen LogP contribution in [0.4, 0.5) is 0 Å². The lowest BCUT2D eigenvalue weighted by Crippen LogP contribution is -2.41. The molecule has 0 fully saturated rings. The number of rotatable bonds is 6. The molecule has 1 rings (SSSR count). The minimum Gasteiger partial charge on any atom is -0.425 e. The van der Waals surface area contributed by atoms with Crippen molar-refractivity contribution in [2.24, 2.45) is 5.73 Å². The molecule has 1 aromatic rings. The summed E-state index contributed by atoms with van der Waals surface area (Å²) in [5, 5.41) is 4.59. The Bertz CT molecular complexity index is 508. The van der Waals surface area contributed by atoms with Crippen LogP contribution in [0.1, 0.15) is 5.56 Å². The highest BCUT2D eigenvalue weighted by Gasteiger charge is 2.09. The average molecular weight is 315 g/mol. The molecule has 2 amide bonds. The first-order chi connectivity index (χ1) is 9.52. The second-order valence-corrected chi connectivity index (χ2v) is 3.84. The molecule has 0 atom stereocenters. The zero-order valence-corrected chi connectivity index (χ0v) is 12.1. The van der Waals surface area contributed by atoms with E-state index in [2.05, 4.69) is 17.6 Å². The van der Waals surface area contributed by atoms with Crippen LogP contribution in [0.2, 0.25) is 0 Å². The van der Waals surface area contributed by atoms with Gasteiger partial charge in [0.1, 0.15) is 12.3 Å². The molecule has 0 aliphatic rings. The molecule has 0 aliphatic carbocycles. The third kappa shape index (κ3) is 7.28. The number of benzene rings is 1. The van der Waals surface area contributed by atoms with Crippen LogP contribution in [-0.2, 0) is 14.4 Å². The Hall–Kier alpha value is -2.12. The minimum absolute atomic E-state index is 0. The number of hydrogen-bond acceptors (Lipinski definition) is 5. The monoisotopic (exact) mass is 314 g/mol. The van der Waals surface area contributed by atoms with Crippen LogP contribution in [0, 0.1) is 6.92 Å². The molecule has 7 nitrogen and oxygen atoms in total. The smallest absolute Gasteiger partial charge is 0.330 e. The Kier molecular flexibility index (Phi) is 8.75. The number of nitrogens with two attached hydrogens (primary N) is 1. The molecule has 1 aromatic carbocycles. The lowest BCUT2D eigenvalue weighted by Gasteiger charge is -2.08. The van der Waals surface area contributed by atoms with Crippen molar-refractivity contribution in [1.82, 2.24) is 10.6 Å². The minimum atomic E-state index is -0.625. The summed E-state index contributed by atoms with van der Waals surface area (Å²) in [6.07, 6.45) is 0. The van der Waals surface area contributed by atoms with Crippen LogP contribution in [0.25, 0.3) is 0 Å². The summed E-state index contributed by atoms with van der Waals surface area (Å²) < 4.78 is 5.02. The van der Waals surface area contributed by atoms with Gasteiger partial charge in [0.15, 0.2) is 0 Å². The van der Waals surface area contributed by atoms with Gasteiger partial charge in [-0.25, -0.2) is 4.79 Å². The van der Waals surface area contributed by atoms with E-state index in [9.17, 15) is 14.4 Å². The SMILES string of the molecule is Cl.[CH2]c1ccccc1OC(=O)CNC(=O)CNC(=O)CN. The Balaban J connectivity index is 0.00000400. The number of carbonyl (C=O) groups is 3. The highest BCUT2D eigenvalue weighted by molar-refractivity contribution is 5.87. The first-order valence-electron chi connectivity index (χ1n) is 5.88. The van der Waals surface area contributed by atoms with Gasteiger partial charge in [-0.2, -0.15) is 0 Å². The Morgan fingerprint density at radius 2 is 1.71 bits per heavy atom. The summed E-state index contributed by atoms with van der Waals surface area (Å²) in [7, 11) is 0. The van der Waals surface area contributed by atoms with Crippen molar-refractivity contribution < 1.29 is 19.1 Å². The number of para-hydroxylation sites is 1. The molecule has 115 valence electrons. The fourth-order valence-electron chi connectivity index (χ4n) is 1.25. The Labute approximate surface area is 128 Å². The van der Waals surface area contributed by atoms with E-state index in [0.29, 0.717) is 11.3 Å². The summed E-state index contributed by atoms with van der Waals surface area (Å²) in [4.78, 5) is 33.6. The van der Waals surface area contributed by atoms with Crippen molar-refractivity contribution in [3.8, 4) is 5.75 Å². The van der Waals surface area contributed by atoms with E-state index in [4.69, 9.17) is 10.5 Å². The van der Waals surface area contributed by atoms with E-state index in [-0.39, 0.29) is 32.0 Å². The van der Waals surface area contributed by atoms with Crippen LogP contribution >= 0.6 is 12.4 Å². The number of ether oxygens (including phenoxy) is 1. The van der Waals surface area contributed by atoms with Crippen LogP contribution in [0.15, 0.2) is 24.3 Å². The molecule has 0 aromatic heterocycles. The topological polar surface area (TPSA) is 111 Å². The zero-order chi connectivity index (χ0) is 15.0. The molecule has 8 heteroatoms. The molecule has 0 unspecified atom stereocenters. The van der Waals surface area contributed by atoms with E-state index < -0.39 is 17.8 Å². The van der Waals surface area contributed by atoms with Gasteiger partial charge in [0.2, 0.25) is 11.8 Å². The largest absolute Gasteiger partial charge is 0.425 e. The average Bonchev–Trinajstić information content (AvgIpc) is 2.45. The quantitative estimate of drug-likeness (QED) is 0.479. The highest BCUT2D eigenvalue weighted by atomic mass is 35.5. The third-order valence-corrected chi connectivity index (χ3v) is 2.26. The molecule has 0 heterocycles. The third-order valence-electron chi connectivity index (χ3n) is 2.26. The van der Waals surface area contributed by atoms with E-state index >= 15 is 0 Å². The molecule has 0 saturated heterocycles. The van der Waals surface area contributed by atoms with Crippen LogP contribution in [0.5, 0.6) is 5.75 Å². The van der Waals surface area contributed by atoms with E-state index in [1.807, 2.05) is 0 Å². The summed E-state index contributed by atoms with van der Waals surface area (Å²) >= 11 is 0. The number of amides is 2. The number of carbonyl (C=O) groups excluding carboxylic acids is 3. The predicted molar refractivity (Wildman–Crippen MR) is 78.9 cm³/mol. The fraction of sp³-hybridized carbons (Fsp3) is 0.231. The molecule has 1 radical (unpaired) electrons. The molecule has 0 saturated carbocycles. The second-order valence-electron chi connectivity index (χ2n) is 3.84. The maximum atomic E-state index is 11.5. The first kappa shape index (κ1) is 18.9. The normalized spacial score (nSPS) is 9.24. The molecule has 0 bridgehead atoms. The lowest BCUT2D eigenvalue weighted by atomic mass is 10.2. The maximum Gasteiger partial charge on any atom is 0.330 e. The summed E-state index contributed by atoms with van der Waals surface area (Å²) in [6.45, 7) is 2.96. The zero-order valence-electron chi connectivity index (χ0n) is 11.3. The molecule has 4 N–H and O–H groups in total. The van der Waals surface area contributed by atoms with Crippen LogP contribution in [-0.4, -0.2) is 37.4 Å². The molecular formula is C13H17ClN3O4. The second kappa shape index (κ2) is 9.73. The summed E-state index contributed by atoms with van der Waals surface area (Å²) in [6, 6.07) is 6.77. The molecular weight excluding hydrogens is 298 g/mol. The van der Waals surface area contributed by atoms with Crippen molar-refractivity contribution >= 4 is 30.2 Å². The van der Waals surface area contributed by atoms with Crippen LogP contribution < -0.4 is 21.1 Å². The van der Waals surface area contributed by atoms with Crippen molar-refractivity contribution in [1.29, 1.82) is 0 Å². The lowest BCUT2D eigenvalue weighted by molar-refractivity contribution is -0.135. The maximum absolute atomic E-state index is 11.5. The van der Waals surface area contributed by atoms with Crippen molar-refractivity contribution in [3.05, 3.63) is 36.8 Å². The molecule has 0 aliphatic heterocycles. The van der Waals surface area contributed by atoms with Crippen LogP contribution in [0.3, 0.4) is 0 Å². The summed E-state index contributed by atoms with van der Waals surface area (Å²) in [5.74, 6) is -1.25. The molecule has 0 spiro atoms. The van der Waals surface area contributed by atoms with Crippen molar-refractivity contribution in [2.75, 3.05) is 19.6 Å². The predicted octanol–water partition coefficient (Wildman–Crippen LogP) is -0.613. The number of halogens is 1. The van der Waals surface area contributed by atoms with Gasteiger partial charge in [-0.1, -0.05) is 18.2 Å². The van der Waals surface area contributed by atoms with Gasteiger partial charge >= 0.3 is 5.97 Å². The van der Waals surface area contributed by atoms with Gasteiger partial charge in [0, 0.05) is 0 Å². The van der Waals surface area contributed by atoms with E-state index in [1.165, 1.54) is 0 Å². The van der Waals surface area contributed by atoms with E-state index in [0.717, 1.165) is 0 Å². The number of hydrogen-bond donors (Lipinski definition) is 3. The fourth-order valence-corrected chi connectivity index (χ4v) is 1.25. The standard InChI is InChI=1S/C13H16N3O4.ClH/c1-9-4-2-3-5-10(9)20-13(19)8-16-12(18)7-15-11(17)6-14;/h2-5H,1,6-8,14H2,(H,15,17)(H,16,18);1H. The van der Waals surface area contributed by atoms with Gasteiger partial charge in [-0.05, 0) is 18.6 Å². The number of esters is 1. The molecule has 21 heavy (non-hydrogen) atoms. The highest BCUT2D eigenvalue weighted by Crippen LogP contribution is 2.15. The van der Waals surface area contributed by atoms with Gasteiger partial charge in [-0.15, -0.1) is 12.4 Å². The van der Waals surface area contributed by atoms with Gasteiger partial charge in [0.25, 0.3) is 0 Å². The first-order valence-corrected chi connectivity index (χ1v) is 5.88. The van der Waals surface area contributed by atoms with Crippen molar-refractivity contribution in [2.45, 2.75) is 0 Å².